The molecule has 0 N–H and O–H groups in total. The first-order valence-corrected chi connectivity index (χ1v) is 0.224. The van der Waals surface area contributed by atoms with E-state index in [2.05, 4.69) is 0 Å². The molecule has 0 unspecified atom stereocenters. The molecular formula is CCoFeN+3. The molecule has 0 spiro atoms. The van der Waals surface area contributed by atoms with Crippen LogP contribution >= 0.6 is 0 Å². The van der Waals surface area contributed by atoms with Crippen molar-refractivity contribution in [3.8, 4) is 0 Å². The van der Waals surface area contributed by atoms with Crippen LogP contribution in [0.2, 0.25) is 0 Å². The number of hydrogen-bond acceptors (Lipinski definition) is 1. The maximum atomic E-state index is 6.25. The van der Waals surface area contributed by atoms with E-state index in [1.165, 1.54) is 0 Å². The molecule has 0 aliphatic heterocycles. The van der Waals surface area contributed by atoms with Crippen molar-refractivity contribution in [1.29, 1.82) is 5.26 Å². The molecule has 0 aromatic rings. The predicted molar refractivity (Wildman–Crippen MR) is 4.97 cm³/mol. The number of hydrogen-bond donors (Lipinski definition) is 0. The zero-order valence-electron chi connectivity index (χ0n) is 1.63. The van der Waals surface area contributed by atoms with Gasteiger partial charge in [-0.3, -0.25) is 0 Å². The van der Waals surface area contributed by atoms with E-state index in [0.29, 0.717) is 0 Å². The third-order valence-corrected chi connectivity index (χ3v) is 0. The van der Waals surface area contributed by atoms with E-state index in [4.69, 9.17) is 11.8 Å². The van der Waals surface area contributed by atoms with Crippen molar-refractivity contribution in [3.05, 3.63) is 6.57 Å². The molecule has 0 rings (SSSR count). The van der Waals surface area contributed by atoms with Crippen molar-refractivity contribution in [1.82, 2.24) is 0 Å². The van der Waals surface area contributed by atoms with Crippen molar-refractivity contribution < 1.29 is 33.8 Å². The van der Waals surface area contributed by atoms with Crippen molar-refractivity contribution in [2.75, 3.05) is 0 Å². The zero-order chi connectivity index (χ0) is 2.00. The van der Waals surface area contributed by atoms with Crippen molar-refractivity contribution in [2.45, 2.75) is 0 Å². The van der Waals surface area contributed by atoms with Gasteiger partial charge in [0.15, 0.2) is 0 Å². The Labute approximate surface area is 46.0 Å². The molecule has 0 aromatic carbocycles. The Morgan fingerprint density at radius 3 is 1.25 bits per heavy atom. The first-order valence-electron chi connectivity index (χ1n) is 0.224. The van der Waals surface area contributed by atoms with Gasteiger partial charge in [0.25, 0.3) is 0 Å². The molecule has 0 atom stereocenters. The second-order valence-electron chi connectivity index (χ2n) is 0. The number of nitrogens with zero attached hydrogens (tertiary/aromatic N) is 1. The summed E-state index contributed by atoms with van der Waals surface area (Å²) in [4.78, 5) is 0. The smallest absolute Gasteiger partial charge is 0.512 e. The van der Waals surface area contributed by atoms with Crippen LogP contribution in [0.15, 0.2) is 0 Å². The third-order valence-electron chi connectivity index (χ3n) is 0. The Morgan fingerprint density at radius 2 is 1.25 bits per heavy atom. The van der Waals surface area contributed by atoms with Gasteiger partial charge in [-0.2, -0.15) is 0 Å². The zero-order valence-corrected chi connectivity index (χ0v) is 3.78. The van der Waals surface area contributed by atoms with Gasteiger partial charge in [-0.25, -0.2) is 0 Å². The summed E-state index contributed by atoms with van der Waals surface area (Å²) in [7, 11) is 0. The Kier molecular flexibility index (Phi) is 508. The predicted octanol–water partition coefficient (Wildman–Crippen LogP) is 0.0914. The van der Waals surface area contributed by atoms with E-state index in [9.17, 15) is 0 Å². The average Bonchev–Trinajstić information content (AvgIpc) is 1.00. The van der Waals surface area contributed by atoms with E-state index in [1.54, 1.807) is 0 Å². The van der Waals surface area contributed by atoms with Crippen molar-refractivity contribution >= 4 is 0 Å². The minimum absolute atomic E-state index is 0. The topological polar surface area (TPSA) is 23.8 Å². The summed E-state index contributed by atoms with van der Waals surface area (Å²) in [6.07, 6.45) is 0. The largest absolute Gasteiger partial charge is 2.00 e. The van der Waals surface area contributed by atoms with E-state index in [-0.39, 0.29) is 33.8 Å². The fourth-order valence-corrected chi connectivity index (χ4v) is 0. The Bertz CT molecular complexity index is 12.8. The standard InChI is InChI=1S/CN.Co.Fe/c1-2;;/q-1;2*+2. The minimum Gasteiger partial charge on any atom is -0.512 e. The van der Waals surface area contributed by atoms with Gasteiger partial charge in [-0.05, 0) is 0 Å². The monoisotopic (exact) mass is 141 g/mol. The second-order valence-corrected chi connectivity index (χ2v) is 0. The van der Waals surface area contributed by atoms with E-state index in [0.717, 1.165) is 0 Å². The maximum absolute atomic E-state index is 6.25. The van der Waals surface area contributed by atoms with Gasteiger partial charge >= 0.3 is 33.8 Å². The van der Waals surface area contributed by atoms with Crippen LogP contribution in [0.25, 0.3) is 0 Å². The number of rotatable bonds is 0. The van der Waals surface area contributed by atoms with Crippen LogP contribution in [0.5, 0.6) is 0 Å². The average molecular weight is 141 g/mol. The van der Waals surface area contributed by atoms with Crippen LogP contribution < -0.4 is 0 Å². The van der Waals surface area contributed by atoms with Gasteiger partial charge in [0.2, 0.25) is 0 Å². The van der Waals surface area contributed by atoms with Gasteiger partial charge in [-0.15, -0.1) is 0 Å². The van der Waals surface area contributed by atoms with Crippen LogP contribution in [-0.2, 0) is 33.8 Å². The van der Waals surface area contributed by atoms with Crippen LogP contribution in [0.1, 0.15) is 0 Å². The summed E-state index contributed by atoms with van der Waals surface area (Å²) in [5.74, 6) is 0. The molecule has 23 valence electrons. The summed E-state index contributed by atoms with van der Waals surface area (Å²) >= 11 is 0. The van der Waals surface area contributed by atoms with Gasteiger partial charge < -0.3 is 11.8 Å². The van der Waals surface area contributed by atoms with E-state index in [1.807, 2.05) is 0 Å². The van der Waals surface area contributed by atoms with Crippen LogP contribution in [0, 0.1) is 11.8 Å². The molecule has 1 nitrogen and oxygen atoms in total. The van der Waals surface area contributed by atoms with Crippen molar-refractivity contribution in [2.24, 2.45) is 0 Å². The summed E-state index contributed by atoms with van der Waals surface area (Å²) < 4.78 is 0. The van der Waals surface area contributed by atoms with Crippen LogP contribution in [0.3, 0.4) is 0 Å². The summed E-state index contributed by atoms with van der Waals surface area (Å²) in [5, 5.41) is 6.25. The first kappa shape index (κ1) is 24.3. The molecular weight excluding hydrogens is 141 g/mol. The quantitative estimate of drug-likeness (QED) is 0.346. The minimum atomic E-state index is 0. The maximum Gasteiger partial charge on any atom is 2.00 e. The van der Waals surface area contributed by atoms with E-state index >= 15 is 0 Å². The molecule has 0 aliphatic rings. The summed E-state index contributed by atoms with van der Waals surface area (Å²) in [6, 6.07) is 0. The molecule has 3 heteroatoms. The summed E-state index contributed by atoms with van der Waals surface area (Å²) in [6.45, 7) is 4.75. The molecule has 0 heterocycles. The van der Waals surface area contributed by atoms with Crippen molar-refractivity contribution in [3.63, 3.8) is 0 Å². The summed E-state index contributed by atoms with van der Waals surface area (Å²) in [5.41, 5.74) is 0. The SMILES string of the molecule is [C-]#N.[Co+2].[Fe+2]. The molecule has 0 aromatic heterocycles. The molecule has 0 fully saturated rings. The van der Waals surface area contributed by atoms with Gasteiger partial charge in [-0.1, -0.05) is 0 Å². The Hall–Kier alpha value is 0.516. The van der Waals surface area contributed by atoms with Gasteiger partial charge in [0, 0.05) is 0 Å². The van der Waals surface area contributed by atoms with Crippen LogP contribution in [-0.4, -0.2) is 0 Å². The molecule has 1 radical (unpaired) electrons. The second kappa shape index (κ2) is 83.6. The fraction of sp³-hybridized carbons (Fsp3) is 0. The Morgan fingerprint density at radius 1 is 1.25 bits per heavy atom. The van der Waals surface area contributed by atoms with Gasteiger partial charge in [0.1, 0.15) is 0 Å². The molecule has 0 aliphatic carbocycles. The van der Waals surface area contributed by atoms with Gasteiger partial charge in [0.05, 0.1) is 0 Å². The molecule has 0 saturated carbocycles. The van der Waals surface area contributed by atoms with E-state index < -0.39 is 0 Å². The molecule has 0 bridgehead atoms. The normalized spacial score (nSPS) is 0.500. The Balaban J connectivity index is -0.00000000500. The van der Waals surface area contributed by atoms with Crippen LogP contribution in [0.4, 0.5) is 0 Å². The molecule has 4 heavy (non-hydrogen) atoms. The molecule has 0 amide bonds. The third kappa shape index (κ3) is 21.7. The first-order chi connectivity index (χ1) is 1.00. The molecule has 0 saturated heterocycles. The fourth-order valence-electron chi connectivity index (χ4n) is 0.